The number of hydrogen-bond donors (Lipinski definition) is 1. The van der Waals surface area contributed by atoms with Crippen molar-refractivity contribution in [3.8, 4) is 0 Å². The molecule has 3 heterocycles. The third-order valence-electron chi connectivity index (χ3n) is 8.57. The topological polar surface area (TPSA) is 75.5 Å². The Balaban J connectivity index is 1.45. The molecule has 8 heteroatoms. The monoisotopic (exact) mass is 602 g/mol. The Morgan fingerprint density at radius 2 is 1.38 bits per heavy atom. The van der Waals surface area contributed by atoms with E-state index in [9.17, 15) is 4.79 Å². The van der Waals surface area contributed by atoms with Gasteiger partial charge in [-0.2, -0.15) is 0 Å². The molecule has 0 unspecified atom stereocenters. The summed E-state index contributed by atoms with van der Waals surface area (Å²) in [6.07, 6.45) is 4.32. The lowest BCUT2D eigenvalue weighted by Gasteiger charge is -2.41. The van der Waals surface area contributed by atoms with Crippen molar-refractivity contribution in [3.05, 3.63) is 126 Å². The summed E-state index contributed by atoms with van der Waals surface area (Å²) < 4.78 is 8.02. The van der Waals surface area contributed by atoms with Crippen LogP contribution in [0.15, 0.2) is 110 Å². The fourth-order valence-electron chi connectivity index (χ4n) is 6.51. The van der Waals surface area contributed by atoms with Crippen LogP contribution in [0.1, 0.15) is 43.9 Å². The van der Waals surface area contributed by atoms with E-state index in [0.29, 0.717) is 13.1 Å². The summed E-state index contributed by atoms with van der Waals surface area (Å²) in [5.41, 5.74) is 2.94. The molecule has 6 rings (SSSR count). The van der Waals surface area contributed by atoms with Gasteiger partial charge in [-0.3, -0.25) is 0 Å². The van der Waals surface area contributed by atoms with Crippen LogP contribution in [0.5, 0.6) is 0 Å². The van der Waals surface area contributed by atoms with E-state index in [4.69, 9.17) is 14.7 Å². The molecule has 0 radical (unpaired) electrons. The van der Waals surface area contributed by atoms with Crippen LogP contribution in [0.4, 0.5) is 10.6 Å². The summed E-state index contributed by atoms with van der Waals surface area (Å²) in [4.78, 5) is 26.7. The molecule has 1 N–H and O–H groups in total. The van der Waals surface area contributed by atoms with Gasteiger partial charge in [0.25, 0.3) is 0 Å². The first-order valence-corrected chi connectivity index (χ1v) is 15.6. The summed E-state index contributed by atoms with van der Waals surface area (Å²) in [6.45, 7) is 6.83. The highest BCUT2D eigenvalue weighted by Crippen LogP contribution is 2.43. The van der Waals surface area contributed by atoms with Crippen LogP contribution in [-0.4, -0.2) is 75.3 Å². The van der Waals surface area contributed by atoms with Gasteiger partial charge in [0, 0.05) is 31.4 Å². The van der Waals surface area contributed by atoms with Crippen molar-refractivity contribution in [2.45, 2.75) is 50.4 Å². The predicted molar refractivity (Wildman–Crippen MR) is 179 cm³/mol. The fraction of sp³-hybridized carbons (Fsp3) is 0.324. The van der Waals surface area contributed by atoms with Gasteiger partial charge in [0.15, 0.2) is 0 Å². The molecular formula is C37H42N6O2. The number of nitrogens with zero attached hydrogens (tertiary/aromatic N) is 5. The molecule has 0 aliphatic carbocycles. The van der Waals surface area contributed by atoms with Gasteiger partial charge in [0.05, 0.1) is 5.39 Å². The van der Waals surface area contributed by atoms with Crippen LogP contribution in [0, 0.1) is 0 Å². The SMILES string of the molecule is CN(C)[C@@H]1C[C@@H](Nc2ncnc3c2ccn3C(c2ccccc2)(c2ccccc2)c2ccccc2)CN(C(=O)OC(C)(C)C)C1. The summed E-state index contributed by atoms with van der Waals surface area (Å²) in [5, 5.41) is 4.62. The summed E-state index contributed by atoms with van der Waals surface area (Å²) >= 11 is 0. The highest BCUT2D eigenvalue weighted by molar-refractivity contribution is 5.88. The molecule has 45 heavy (non-hydrogen) atoms. The first kappa shape index (κ1) is 30.3. The van der Waals surface area contributed by atoms with Crippen molar-refractivity contribution in [1.82, 2.24) is 24.3 Å². The van der Waals surface area contributed by atoms with Crippen molar-refractivity contribution in [1.29, 1.82) is 0 Å². The smallest absolute Gasteiger partial charge is 0.410 e. The van der Waals surface area contributed by atoms with E-state index >= 15 is 0 Å². The number of carbonyl (C=O) groups excluding carboxylic acids is 1. The lowest BCUT2D eigenvalue weighted by Crippen LogP contribution is -2.55. The third-order valence-corrected chi connectivity index (χ3v) is 8.57. The average molecular weight is 603 g/mol. The minimum atomic E-state index is -0.689. The molecule has 0 spiro atoms. The number of anilines is 1. The number of likely N-dealkylation sites (N-methyl/N-ethyl adjacent to an activating group) is 1. The van der Waals surface area contributed by atoms with Gasteiger partial charge < -0.3 is 24.4 Å². The Hall–Kier alpha value is -4.69. The summed E-state index contributed by atoms with van der Waals surface area (Å²) in [5.74, 6) is 0.746. The predicted octanol–water partition coefficient (Wildman–Crippen LogP) is 6.62. The van der Waals surface area contributed by atoms with E-state index in [-0.39, 0.29) is 18.2 Å². The van der Waals surface area contributed by atoms with Crippen LogP contribution in [0.2, 0.25) is 0 Å². The maximum Gasteiger partial charge on any atom is 0.410 e. The number of carbonyl (C=O) groups is 1. The van der Waals surface area contributed by atoms with Gasteiger partial charge in [-0.25, -0.2) is 14.8 Å². The molecule has 1 saturated heterocycles. The van der Waals surface area contributed by atoms with Gasteiger partial charge in [0.2, 0.25) is 0 Å². The molecule has 2 atom stereocenters. The molecule has 232 valence electrons. The van der Waals surface area contributed by atoms with Crippen LogP contribution < -0.4 is 5.32 Å². The molecule has 0 bridgehead atoms. The number of likely N-dealkylation sites (tertiary alicyclic amines) is 1. The molecular weight excluding hydrogens is 560 g/mol. The van der Waals surface area contributed by atoms with E-state index in [0.717, 1.165) is 40.0 Å². The minimum absolute atomic E-state index is 0.0257. The molecule has 3 aromatic carbocycles. The zero-order chi connectivity index (χ0) is 31.6. The van der Waals surface area contributed by atoms with Gasteiger partial charge in [-0.1, -0.05) is 91.0 Å². The number of nitrogens with one attached hydrogen (secondary N) is 1. The first-order valence-electron chi connectivity index (χ1n) is 15.6. The maximum absolute atomic E-state index is 13.1. The minimum Gasteiger partial charge on any atom is -0.444 e. The van der Waals surface area contributed by atoms with Crippen molar-refractivity contribution in [2.75, 3.05) is 32.5 Å². The second-order valence-corrected chi connectivity index (χ2v) is 13.0. The van der Waals surface area contributed by atoms with Crippen molar-refractivity contribution in [3.63, 3.8) is 0 Å². The number of aromatic nitrogens is 3. The summed E-state index contributed by atoms with van der Waals surface area (Å²) in [6, 6.07) is 34.0. The third kappa shape index (κ3) is 6.02. The Morgan fingerprint density at radius 3 is 1.89 bits per heavy atom. The number of piperidine rings is 1. The van der Waals surface area contributed by atoms with Crippen LogP contribution in [-0.2, 0) is 10.3 Å². The van der Waals surface area contributed by atoms with Crippen LogP contribution in [0.25, 0.3) is 11.0 Å². The van der Waals surface area contributed by atoms with E-state index < -0.39 is 11.1 Å². The number of ether oxygens (including phenoxy) is 1. The largest absolute Gasteiger partial charge is 0.444 e. The molecule has 1 fully saturated rings. The molecule has 1 amide bonds. The second-order valence-electron chi connectivity index (χ2n) is 13.0. The molecule has 5 aromatic rings. The van der Waals surface area contributed by atoms with E-state index in [1.54, 1.807) is 6.33 Å². The zero-order valence-corrected chi connectivity index (χ0v) is 26.7. The number of amides is 1. The molecule has 1 aliphatic rings. The molecule has 8 nitrogen and oxygen atoms in total. The van der Waals surface area contributed by atoms with E-state index in [1.807, 2.05) is 43.9 Å². The Bertz CT molecular complexity index is 1630. The first-order chi connectivity index (χ1) is 21.7. The van der Waals surface area contributed by atoms with Crippen molar-refractivity contribution in [2.24, 2.45) is 0 Å². The lowest BCUT2D eigenvalue weighted by molar-refractivity contribution is 0.0126. The average Bonchev–Trinajstić information content (AvgIpc) is 3.47. The number of rotatable bonds is 7. The van der Waals surface area contributed by atoms with Crippen molar-refractivity contribution >= 4 is 22.9 Å². The lowest BCUT2D eigenvalue weighted by atomic mass is 9.76. The Morgan fingerprint density at radius 1 is 0.822 bits per heavy atom. The highest BCUT2D eigenvalue weighted by atomic mass is 16.6. The second kappa shape index (κ2) is 12.4. The molecule has 0 saturated carbocycles. The van der Waals surface area contributed by atoms with Gasteiger partial charge in [-0.05, 0) is 64.0 Å². The molecule has 2 aromatic heterocycles. The Kier molecular flexibility index (Phi) is 8.34. The maximum atomic E-state index is 13.1. The summed E-state index contributed by atoms with van der Waals surface area (Å²) in [7, 11) is 4.11. The zero-order valence-electron chi connectivity index (χ0n) is 26.7. The van der Waals surface area contributed by atoms with Gasteiger partial charge >= 0.3 is 6.09 Å². The number of benzene rings is 3. The fourth-order valence-corrected chi connectivity index (χ4v) is 6.51. The van der Waals surface area contributed by atoms with E-state index in [2.05, 4.69) is 114 Å². The standard InChI is InChI=1S/C37H42N6O2/c1-36(2,3)45-35(44)42-24-30(23-31(25-42)41(4)5)40-33-32-21-22-43(34(32)39-26-38-33)37(27-15-9-6-10-16-27,28-17-11-7-12-18-28)29-19-13-8-14-20-29/h6-22,26,30-31H,23-25H2,1-5H3,(H,38,39,40)/t30-,31-/m1/s1. The van der Waals surface area contributed by atoms with Gasteiger partial charge in [-0.15, -0.1) is 0 Å². The molecule has 1 aliphatic heterocycles. The highest BCUT2D eigenvalue weighted by Gasteiger charge is 2.40. The van der Waals surface area contributed by atoms with E-state index in [1.165, 1.54) is 0 Å². The van der Waals surface area contributed by atoms with Crippen LogP contribution >= 0.6 is 0 Å². The normalized spacial score (nSPS) is 17.4. The quantitative estimate of drug-likeness (QED) is 0.211. The van der Waals surface area contributed by atoms with Crippen molar-refractivity contribution < 1.29 is 9.53 Å². The number of hydrogen-bond acceptors (Lipinski definition) is 6. The van der Waals surface area contributed by atoms with Crippen LogP contribution in [0.3, 0.4) is 0 Å². The number of fused-ring (bicyclic) bond motifs is 1. The Labute approximate surface area is 265 Å². The van der Waals surface area contributed by atoms with Gasteiger partial charge in [0.1, 0.15) is 28.9 Å².